The molecule has 74 valence electrons. The van der Waals surface area contributed by atoms with Crippen LogP contribution in [-0.2, 0) is 0 Å². The van der Waals surface area contributed by atoms with Gasteiger partial charge < -0.3 is 5.73 Å². The summed E-state index contributed by atoms with van der Waals surface area (Å²) >= 11 is 1.22. The first-order valence-electron chi connectivity index (χ1n) is 4.25. The molecule has 1 heterocycles. The molecule has 0 saturated carbocycles. The molecule has 0 amide bonds. The monoisotopic (exact) mass is 202 g/mol. The van der Waals surface area contributed by atoms with Crippen LogP contribution < -0.4 is 5.73 Å². The van der Waals surface area contributed by atoms with E-state index in [9.17, 15) is 4.39 Å². The Hall–Kier alpha value is -0.480. The topological polar surface area (TPSA) is 38.9 Å². The van der Waals surface area contributed by atoms with Gasteiger partial charge in [0.2, 0.25) is 0 Å². The molecule has 0 fully saturated rings. The Kier molecular flexibility index (Phi) is 3.03. The fourth-order valence-electron chi connectivity index (χ4n) is 1.09. The van der Waals surface area contributed by atoms with Crippen LogP contribution in [0.25, 0.3) is 0 Å². The summed E-state index contributed by atoms with van der Waals surface area (Å²) in [6.45, 7) is 5.52. The number of rotatable bonds is 3. The second-order valence-corrected chi connectivity index (χ2v) is 4.87. The summed E-state index contributed by atoms with van der Waals surface area (Å²) in [5.74, 6) is 0. The molecule has 0 aliphatic rings. The summed E-state index contributed by atoms with van der Waals surface area (Å²) in [5, 5.41) is 0. The fraction of sp³-hybridized carbons (Fsp3) is 0.667. The van der Waals surface area contributed by atoms with Gasteiger partial charge in [-0.05, 0) is 38.4 Å². The molecule has 0 spiro atoms. The highest BCUT2D eigenvalue weighted by Crippen LogP contribution is 2.29. The summed E-state index contributed by atoms with van der Waals surface area (Å²) in [4.78, 5) is 0.677. The number of hydrogen-bond donors (Lipinski definition) is 1. The van der Waals surface area contributed by atoms with Crippen molar-refractivity contribution in [3.63, 3.8) is 0 Å². The maximum absolute atomic E-state index is 13.5. The van der Waals surface area contributed by atoms with E-state index < -0.39 is 11.7 Å². The second kappa shape index (κ2) is 3.72. The van der Waals surface area contributed by atoms with Crippen molar-refractivity contribution in [3.8, 4) is 0 Å². The minimum Gasteiger partial charge on any atom is -0.325 e. The smallest absolute Gasteiger partial charge is 0.137 e. The summed E-state index contributed by atoms with van der Waals surface area (Å²) in [6, 6.07) is 1.78. The predicted octanol–water partition coefficient (Wildman–Crippen LogP) is 2.59. The number of aromatic nitrogens is 1. The Morgan fingerprint density at radius 2 is 2.31 bits per heavy atom. The Labute approximate surface area is 82.1 Å². The lowest BCUT2D eigenvalue weighted by molar-refractivity contribution is 0.271. The molecule has 1 aromatic rings. The van der Waals surface area contributed by atoms with E-state index in [2.05, 4.69) is 4.37 Å². The van der Waals surface area contributed by atoms with Crippen LogP contribution >= 0.6 is 11.5 Å². The van der Waals surface area contributed by atoms with Crippen molar-refractivity contribution < 1.29 is 4.39 Å². The predicted molar refractivity (Wildman–Crippen MR) is 53.6 cm³/mol. The van der Waals surface area contributed by atoms with Crippen molar-refractivity contribution in [1.82, 2.24) is 4.37 Å². The molecule has 0 aromatic carbocycles. The van der Waals surface area contributed by atoms with Gasteiger partial charge in [-0.1, -0.05) is 0 Å². The molecule has 4 heteroatoms. The van der Waals surface area contributed by atoms with Crippen molar-refractivity contribution in [2.75, 3.05) is 0 Å². The molecule has 2 N–H and O–H groups in total. The quantitative estimate of drug-likeness (QED) is 0.818. The van der Waals surface area contributed by atoms with Crippen LogP contribution in [-0.4, -0.2) is 9.91 Å². The first-order chi connectivity index (χ1) is 5.88. The van der Waals surface area contributed by atoms with Gasteiger partial charge in [-0.3, -0.25) is 0 Å². The number of aryl methyl sites for hydroxylation is 1. The van der Waals surface area contributed by atoms with Crippen LogP contribution in [0, 0.1) is 6.92 Å². The number of nitrogens with two attached hydrogens (primary N) is 1. The lowest BCUT2D eigenvalue weighted by atomic mass is 9.98. The van der Waals surface area contributed by atoms with Gasteiger partial charge in [-0.15, -0.1) is 0 Å². The van der Waals surface area contributed by atoms with Gasteiger partial charge in [0.25, 0.3) is 0 Å². The Balaban J connectivity index is 2.64. The maximum atomic E-state index is 13.5. The van der Waals surface area contributed by atoms with Crippen LogP contribution in [0.2, 0.25) is 0 Å². The number of nitrogens with zero attached hydrogens (tertiary/aromatic N) is 1. The van der Waals surface area contributed by atoms with Crippen LogP contribution in [0.15, 0.2) is 6.07 Å². The van der Waals surface area contributed by atoms with Gasteiger partial charge >= 0.3 is 0 Å². The number of hydrogen-bond acceptors (Lipinski definition) is 3. The summed E-state index contributed by atoms with van der Waals surface area (Å²) < 4.78 is 17.6. The third-order valence-corrected chi connectivity index (χ3v) is 2.62. The number of halogens is 1. The molecule has 1 aromatic heterocycles. The van der Waals surface area contributed by atoms with E-state index in [1.54, 1.807) is 6.07 Å². The van der Waals surface area contributed by atoms with E-state index >= 15 is 0 Å². The molecular weight excluding hydrogens is 187 g/mol. The van der Waals surface area contributed by atoms with Gasteiger partial charge in [0.15, 0.2) is 0 Å². The first kappa shape index (κ1) is 10.6. The number of alkyl halides is 1. The van der Waals surface area contributed by atoms with E-state index in [0.29, 0.717) is 11.3 Å². The largest absolute Gasteiger partial charge is 0.325 e. The molecule has 2 nitrogen and oxygen atoms in total. The Morgan fingerprint density at radius 3 is 2.69 bits per heavy atom. The third kappa shape index (κ3) is 3.40. The van der Waals surface area contributed by atoms with Gasteiger partial charge in [-0.25, -0.2) is 4.39 Å². The van der Waals surface area contributed by atoms with E-state index in [1.165, 1.54) is 11.5 Å². The van der Waals surface area contributed by atoms with Crippen LogP contribution in [0.3, 0.4) is 0 Å². The van der Waals surface area contributed by atoms with Gasteiger partial charge in [-0.2, -0.15) is 4.37 Å². The minimum absolute atomic E-state index is 0.342. The SMILES string of the molecule is Cc1cc(C(F)CC(C)(C)N)sn1. The highest BCUT2D eigenvalue weighted by molar-refractivity contribution is 7.05. The lowest BCUT2D eigenvalue weighted by Gasteiger charge is -2.19. The van der Waals surface area contributed by atoms with E-state index in [-0.39, 0.29) is 0 Å². The van der Waals surface area contributed by atoms with E-state index in [0.717, 1.165) is 5.69 Å². The zero-order valence-electron chi connectivity index (χ0n) is 8.17. The fourth-order valence-corrected chi connectivity index (χ4v) is 1.82. The zero-order valence-corrected chi connectivity index (χ0v) is 8.99. The molecule has 1 atom stereocenters. The van der Waals surface area contributed by atoms with Crippen LogP contribution in [0.4, 0.5) is 4.39 Å². The van der Waals surface area contributed by atoms with Crippen LogP contribution in [0.5, 0.6) is 0 Å². The molecule has 1 rings (SSSR count). The zero-order chi connectivity index (χ0) is 10.1. The third-order valence-electron chi connectivity index (χ3n) is 1.66. The molecule has 0 saturated heterocycles. The molecule has 0 aliphatic heterocycles. The summed E-state index contributed by atoms with van der Waals surface area (Å²) in [7, 11) is 0. The molecule has 0 bridgehead atoms. The van der Waals surface area contributed by atoms with Crippen LogP contribution in [0.1, 0.15) is 37.0 Å². The van der Waals surface area contributed by atoms with Gasteiger partial charge in [0.05, 0.1) is 10.6 Å². The van der Waals surface area contributed by atoms with Crippen molar-refractivity contribution >= 4 is 11.5 Å². The van der Waals surface area contributed by atoms with Gasteiger partial charge in [0, 0.05) is 12.0 Å². The maximum Gasteiger partial charge on any atom is 0.137 e. The highest BCUT2D eigenvalue weighted by atomic mass is 32.1. The van der Waals surface area contributed by atoms with Crippen molar-refractivity contribution in [1.29, 1.82) is 0 Å². The Morgan fingerprint density at radius 1 is 1.69 bits per heavy atom. The first-order valence-corrected chi connectivity index (χ1v) is 5.02. The standard InChI is InChI=1S/C9H15FN2S/c1-6-4-8(13-12-6)7(10)5-9(2,3)11/h4,7H,5,11H2,1-3H3. The van der Waals surface area contributed by atoms with E-state index in [4.69, 9.17) is 5.73 Å². The average molecular weight is 202 g/mol. The lowest BCUT2D eigenvalue weighted by Crippen LogP contribution is -2.32. The normalized spacial score (nSPS) is 14.5. The summed E-state index contributed by atoms with van der Waals surface area (Å²) in [6.07, 6.45) is -0.638. The Bertz CT molecular complexity index is 277. The molecule has 1 unspecified atom stereocenters. The molecule has 0 aliphatic carbocycles. The average Bonchev–Trinajstić information content (AvgIpc) is 2.31. The second-order valence-electron chi connectivity index (χ2n) is 4.03. The molecular formula is C9H15FN2S. The molecule has 13 heavy (non-hydrogen) atoms. The van der Waals surface area contributed by atoms with E-state index in [1.807, 2.05) is 20.8 Å². The minimum atomic E-state index is -0.980. The summed E-state index contributed by atoms with van der Waals surface area (Å²) in [5.41, 5.74) is 6.14. The molecule has 0 radical (unpaired) electrons. The van der Waals surface area contributed by atoms with Crippen molar-refractivity contribution in [3.05, 3.63) is 16.6 Å². The highest BCUT2D eigenvalue weighted by Gasteiger charge is 2.21. The van der Waals surface area contributed by atoms with Crippen molar-refractivity contribution in [2.45, 2.75) is 38.9 Å². The van der Waals surface area contributed by atoms with Crippen molar-refractivity contribution in [2.24, 2.45) is 5.73 Å². The van der Waals surface area contributed by atoms with Gasteiger partial charge in [0.1, 0.15) is 6.17 Å².